The summed E-state index contributed by atoms with van der Waals surface area (Å²) in [5, 5.41) is 2.09. The van der Waals surface area contributed by atoms with Crippen LogP contribution in [0.15, 0.2) is 64.5 Å². The molecule has 2 amide bonds. The summed E-state index contributed by atoms with van der Waals surface area (Å²) in [6.45, 7) is 5.33. The third kappa shape index (κ3) is 5.36. The fourth-order valence-electron chi connectivity index (χ4n) is 4.42. The average molecular weight is 542 g/mol. The molecule has 2 heterocycles. The minimum atomic E-state index is -0.169. The summed E-state index contributed by atoms with van der Waals surface area (Å²) in [4.78, 5) is 32.0. The molecule has 0 saturated carbocycles. The van der Waals surface area contributed by atoms with Gasteiger partial charge in [-0.2, -0.15) is 0 Å². The number of thiophene rings is 1. The number of fused-ring (bicyclic) bond motifs is 1. The summed E-state index contributed by atoms with van der Waals surface area (Å²) < 4.78 is 6.24. The Labute approximate surface area is 213 Å². The summed E-state index contributed by atoms with van der Waals surface area (Å²) in [6.07, 6.45) is 0.830. The molecular formula is C27H29BrN2O3S. The van der Waals surface area contributed by atoms with Gasteiger partial charge in [-0.1, -0.05) is 41.9 Å². The van der Waals surface area contributed by atoms with Gasteiger partial charge in [0.1, 0.15) is 12.3 Å². The Hall–Kier alpha value is -2.64. The second kappa shape index (κ2) is 10.7. The SMILES string of the molecule is COc1ccc([C@H]2c3ccsc3CCN2C(=O)CN(CC(C)C)C(=O)c2ccc(Br)cc2)cc1. The molecule has 3 aromatic rings. The van der Waals surface area contributed by atoms with Gasteiger partial charge in [0.25, 0.3) is 5.91 Å². The lowest BCUT2D eigenvalue weighted by Gasteiger charge is -2.38. The van der Waals surface area contributed by atoms with Gasteiger partial charge >= 0.3 is 0 Å². The van der Waals surface area contributed by atoms with E-state index in [1.165, 1.54) is 10.4 Å². The first-order chi connectivity index (χ1) is 16.4. The number of rotatable bonds is 7. The first-order valence-electron chi connectivity index (χ1n) is 11.4. The van der Waals surface area contributed by atoms with E-state index in [2.05, 4.69) is 41.2 Å². The van der Waals surface area contributed by atoms with Crippen molar-refractivity contribution in [3.63, 3.8) is 0 Å². The molecule has 1 atom stereocenters. The lowest BCUT2D eigenvalue weighted by Crippen LogP contribution is -2.47. The first kappa shape index (κ1) is 24.5. The quantitative estimate of drug-likeness (QED) is 0.381. The molecule has 7 heteroatoms. The van der Waals surface area contributed by atoms with Gasteiger partial charge in [0.2, 0.25) is 5.91 Å². The van der Waals surface area contributed by atoms with Crippen LogP contribution in [0.5, 0.6) is 5.75 Å². The molecule has 0 aliphatic carbocycles. The minimum absolute atomic E-state index is 0.0382. The number of carbonyl (C=O) groups excluding carboxylic acids is 2. The minimum Gasteiger partial charge on any atom is -0.497 e. The highest BCUT2D eigenvalue weighted by Crippen LogP contribution is 2.38. The molecule has 178 valence electrons. The van der Waals surface area contributed by atoms with Crippen LogP contribution >= 0.6 is 27.3 Å². The van der Waals surface area contributed by atoms with Crippen molar-refractivity contribution in [3.8, 4) is 5.75 Å². The number of nitrogens with zero attached hydrogens (tertiary/aromatic N) is 2. The Bertz CT molecular complexity index is 1140. The predicted molar refractivity (Wildman–Crippen MR) is 139 cm³/mol. The van der Waals surface area contributed by atoms with Crippen LogP contribution in [0, 0.1) is 5.92 Å². The molecule has 2 aromatic carbocycles. The third-order valence-corrected chi connectivity index (χ3v) is 7.53. The number of carbonyl (C=O) groups is 2. The number of benzene rings is 2. The van der Waals surface area contributed by atoms with Crippen molar-refractivity contribution in [1.29, 1.82) is 0 Å². The molecule has 1 aliphatic rings. The van der Waals surface area contributed by atoms with Gasteiger partial charge < -0.3 is 14.5 Å². The summed E-state index contributed by atoms with van der Waals surface area (Å²) in [7, 11) is 1.65. The Kier molecular flexibility index (Phi) is 7.73. The molecule has 0 fully saturated rings. The largest absolute Gasteiger partial charge is 0.497 e. The van der Waals surface area contributed by atoms with Crippen LogP contribution < -0.4 is 4.74 Å². The summed E-state index contributed by atoms with van der Waals surface area (Å²) in [5.41, 5.74) is 2.80. The molecule has 1 aliphatic heterocycles. The highest BCUT2D eigenvalue weighted by atomic mass is 79.9. The smallest absolute Gasteiger partial charge is 0.254 e. The number of halogens is 1. The van der Waals surface area contributed by atoms with E-state index in [0.29, 0.717) is 18.7 Å². The van der Waals surface area contributed by atoms with E-state index in [1.807, 2.05) is 41.3 Å². The van der Waals surface area contributed by atoms with Gasteiger partial charge in [0, 0.05) is 28.0 Å². The standard InChI is InChI=1S/C27H29BrN2O3S/c1-18(2)16-29(27(32)20-4-8-21(28)9-5-20)17-25(31)30-14-12-24-23(13-15-34-24)26(30)19-6-10-22(33-3)11-7-19/h4-11,13,15,18,26H,12,14,16-17H2,1-3H3/t26-/m0/s1. The Balaban J connectivity index is 1.61. The van der Waals surface area contributed by atoms with E-state index in [4.69, 9.17) is 4.74 Å². The highest BCUT2D eigenvalue weighted by molar-refractivity contribution is 9.10. The maximum Gasteiger partial charge on any atom is 0.254 e. The molecule has 34 heavy (non-hydrogen) atoms. The van der Waals surface area contributed by atoms with Crippen LogP contribution in [0.2, 0.25) is 0 Å². The zero-order valence-corrected chi connectivity index (χ0v) is 22.1. The Morgan fingerprint density at radius 3 is 2.47 bits per heavy atom. The van der Waals surface area contributed by atoms with Crippen molar-refractivity contribution < 1.29 is 14.3 Å². The Morgan fingerprint density at radius 2 is 1.82 bits per heavy atom. The van der Waals surface area contributed by atoms with Gasteiger partial charge in [-0.25, -0.2) is 0 Å². The number of ether oxygens (including phenoxy) is 1. The van der Waals surface area contributed by atoms with E-state index in [0.717, 1.165) is 22.2 Å². The van der Waals surface area contributed by atoms with Crippen molar-refractivity contribution >= 4 is 39.1 Å². The van der Waals surface area contributed by atoms with Crippen LogP contribution in [-0.2, 0) is 11.2 Å². The van der Waals surface area contributed by atoms with E-state index in [9.17, 15) is 9.59 Å². The highest BCUT2D eigenvalue weighted by Gasteiger charge is 2.34. The number of amides is 2. The predicted octanol–water partition coefficient (Wildman–Crippen LogP) is 5.79. The lowest BCUT2D eigenvalue weighted by atomic mass is 9.93. The summed E-state index contributed by atoms with van der Waals surface area (Å²) in [6, 6.07) is 17.2. The summed E-state index contributed by atoms with van der Waals surface area (Å²) in [5.74, 6) is 0.869. The van der Waals surface area contributed by atoms with Gasteiger partial charge in [-0.15, -0.1) is 11.3 Å². The van der Waals surface area contributed by atoms with Crippen LogP contribution in [0.3, 0.4) is 0 Å². The molecule has 5 nitrogen and oxygen atoms in total. The maximum atomic E-state index is 13.7. The van der Waals surface area contributed by atoms with Crippen LogP contribution in [0.4, 0.5) is 0 Å². The second-order valence-electron chi connectivity index (χ2n) is 8.90. The first-order valence-corrected chi connectivity index (χ1v) is 13.1. The molecule has 0 N–H and O–H groups in total. The second-order valence-corrected chi connectivity index (χ2v) is 10.8. The molecule has 0 unspecified atom stereocenters. The zero-order valence-electron chi connectivity index (χ0n) is 19.7. The van der Waals surface area contributed by atoms with E-state index >= 15 is 0 Å². The van der Waals surface area contributed by atoms with Gasteiger partial charge in [0.05, 0.1) is 13.2 Å². The molecule has 4 rings (SSSR count). The monoisotopic (exact) mass is 540 g/mol. The third-order valence-electron chi connectivity index (χ3n) is 6.01. The molecule has 1 aromatic heterocycles. The van der Waals surface area contributed by atoms with E-state index in [1.54, 1.807) is 35.5 Å². The maximum absolute atomic E-state index is 13.7. The van der Waals surface area contributed by atoms with E-state index < -0.39 is 0 Å². The van der Waals surface area contributed by atoms with Gasteiger partial charge in [-0.3, -0.25) is 9.59 Å². The van der Waals surface area contributed by atoms with Crippen molar-refractivity contribution in [2.24, 2.45) is 5.92 Å². The van der Waals surface area contributed by atoms with Gasteiger partial charge in [0.15, 0.2) is 0 Å². The van der Waals surface area contributed by atoms with E-state index in [-0.39, 0.29) is 30.3 Å². The van der Waals surface area contributed by atoms with Crippen LogP contribution in [0.1, 0.15) is 46.3 Å². The molecular weight excluding hydrogens is 512 g/mol. The van der Waals surface area contributed by atoms with Crippen molar-refractivity contribution in [1.82, 2.24) is 9.80 Å². The van der Waals surface area contributed by atoms with Crippen molar-refractivity contribution in [2.75, 3.05) is 26.7 Å². The average Bonchev–Trinajstić information content (AvgIpc) is 3.32. The fraction of sp³-hybridized carbons (Fsp3) is 0.333. The number of methoxy groups -OCH3 is 1. The molecule has 0 bridgehead atoms. The lowest BCUT2D eigenvalue weighted by molar-refractivity contribution is -0.134. The van der Waals surface area contributed by atoms with Gasteiger partial charge in [-0.05, 0) is 71.3 Å². The zero-order chi connectivity index (χ0) is 24.2. The molecule has 0 saturated heterocycles. The molecule has 0 spiro atoms. The fourth-order valence-corrected chi connectivity index (χ4v) is 5.59. The Morgan fingerprint density at radius 1 is 1.12 bits per heavy atom. The topological polar surface area (TPSA) is 49.9 Å². The molecule has 0 radical (unpaired) electrons. The van der Waals surface area contributed by atoms with Crippen molar-refractivity contribution in [2.45, 2.75) is 26.3 Å². The summed E-state index contributed by atoms with van der Waals surface area (Å²) >= 11 is 5.16. The van der Waals surface area contributed by atoms with Crippen molar-refractivity contribution in [3.05, 3.63) is 86.0 Å². The van der Waals surface area contributed by atoms with Crippen LogP contribution in [-0.4, -0.2) is 48.4 Å². The van der Waals surface area contributed by atoms with Crippen LogP contribution in [0.25, 0.3) is 0 Å². The number of hydrogen-bond donors (Lipinski definition) is 0. The normalized spacial score (nSPS) is 15.2. The number of hydrogen-bond acceptors (Lipinski definition) is 4.